The molecule has 106 valence electrons. The molecule has 2 nitrogen and oxygen atoms in total. The number of hydrogen-bond acceptors (Lipinski definition) is 2. The molecule has 0 radical (unpaired) electrons. The van der Waals surface area contributed by atoms with Crippen LogP contribution in [0.1, 0.15) is 26.3 Å². The van der Waals surface area contributed by atoms with E-state index in [-0.39, 0.29) is 0 Å². The maximum Gasteiger partial charge on any atom is 0.261 e. The van der Waals surface area contributed by atoms with Crippen LogP contribution in [0.2, 0.25) is 18.1 Å². The standard InChI is InChI=1S/C16H26O2Si/c1-5-19(6-2,7-3)18-16(17-4)14-13-15-11-9-8-10-12-15/h8-12,14H,5-7,13H2,1-4H3/b16-14+. The van der Waals surface area contributed by atoms with E-state index in [1.54, 1.807) is 7.11 Å². The summed E-state index contributed by atoms with van der Waals surface area (Å²) < 4.78 is 11.6. The van der Waals surface area contributed by atoms with Crippen molar-refractivity contribution in [2.75, 3.05) is 7.11 Å². The highest BCUT2D eigenvalue weighted by molar-refractivity contribution is 6.73. The van der Waals surface area contributed by atoms with Crippen LogP contribution in [0, 0.1) is 0 Å². The molecule has 0 bridgehead atoms. The minimum atomic E-state index is -1.63. The SMILES string of the molecule is CC[Si](CC)(CC)O/C(=C/Cc1ccccc1)OC. The molecule has 0 aromatic heterocycles. The van der Waals surface area contributed by atoms with Gasteiger partial charge in [-0.2, -0.15) is 0 Å². The number of hydrogen-bond donors (Lipinski definition) is 0. The Kier molecular flexibility index (Phi) is 6.71. The molecule has 0 atom stereocenters. The van der Waals surface area contributed by atoms with E-state index in [2.05, 4.69) is 51.1 Å². The molecule has 1 rings (SSSR count). The minimum Gasteiger partial charge on any atom is -0.519 e. The highest BCUT2D eigenvalue weighted by Gasteiger charge is 2.31. The van der Waals surface area contributed by atoms with Crippen LogP contribution < -0.4 is 0 Å². The second-order valence-electron chi connectivity index (χ2n) is 4.76. The van der Waals surface area contributed by atoms with Crippen molar-refractivity contribution in [1.29, 1.82) is 0 Å². The molecule has 0 aliphatic rings. The van der Waals surface area contributed by atoms with Crippen LogP contribution in [0.3, 0.4) is 0 Å². The van der Waals surface area contributed by atoms with Crippen LogP contribution in [0.5, 0.6) is 0 Å². The summed E-state index contributed by atoms with van der Waals surface area (Å²) in [6.45, 7) is 6.68. The number of ether oxygens (including phenoxy) is 1. The lowest BCUT2D eigenvalue weighted by Crippen LogP contribution is -2.35. The van der Waals surface area contributed by atoms with Gasteiger partial charge in [0.15, 0.2) is 0 Å². The maximum absolute atomic E-state index is 6.23. The zero-order valence-electron chi connectivity index (χ0n) is 12.6. The topological polar surface area (TPSA) is 18.5 Å². The molecular weight excluding hydrogens is 252 g/mol. The third kappa shape index (κ3) is 4.75. The Balaban J connectivity index is 2.72. The fourth-order valence-electron chi connectivity index (χ4n) is 2.16. The zero-order valence-corrected chi connectivity index (χ0v) is 13.6. The number of benzene rings is 1. The Bertz CT molecular complexity index is 375. The highest BCUT2D eigenvalue weighted by atomic mass is 28.4. The third-order valence-electron chi connectivity index (χ3n) is 3.80. The summed E-state index contributed by atoms with van der Waals surface area (Å²) in [6, 6.07) is 13.8. The fraction of sp³-hybridized carbons (Fsp3) is 0.500. The van der Waals surface area contributed by atoms with E-state index >= 15 is 0 Å². The molecule has 19 heavy (non-hydrogen) atoms. The van der Waals surface area contributed by atoms with Crippen LogP contribution in [0.4, 0.5) is 0 Å². The Labute approximate surface area is 118 Å². The minimum absolute atomic E-state index is 0.695. The predicted octanol–water partition coefficient (Wildman–Crippen LogP) is 4.74. The van der Waals surface area contributed by atoms with Gasteiger partial charge >= 0.3 is 0 Å². The molecule has 1 aromatic rings. The van der Waals surface area contributed by atoms with Gasteiger partial charge in [0, 0.05) is 0 Å². The van der Waals surface area contributed by atoms with Crippen molar-refractivity contribution in [2.24, 2.45) is 0 Å². The van der Waals surface area contributed by atoms with E-state index in [1.807, 2.05) is 6.07 Å². The monoisotopic (exact) mass is 278 g/mol. The van der Waals surface area contributed by atoms with Crippen molar-refractivity contribution < 1.29 is 9.16 Å². The van der Waals surface area contributed by atoms with Crippen LogP contribution in [0.25, 0.3) is 0 Å². The van der Waals surface area contributed by atoms with Gasteiger partial charge < -0.3 is 9.16 Å². The van der Waals surface area contributed by atoms with Crippen molar-refractivity contribution in [3.8, 4) is 0 Å². The van der Waals surface area contributed by atoms with Gasteiger partial charge in [0.1, 0.15) is 0 Å². The quantitative estimate of drug-likeness (QED) is 0.505. The predicted molar refractivity (Wildman–Crippen MR) is 83.5 cm³/mol. The van der Waals surface area contributed by atoms with E-state index in [9.17, 15) is 0 Å². The molecule has 0 aliphatic heterocycles. The zero-order chi connectivity index (χ0) is 14.1. The molecule has 0 saturated heterocycles. The summed E-state index contributed by atoms with van der Waals surface area (Å²) in [5.74, 6) is 0.695. The van der Waals surface area contributed by atoms with Crippen LogP contribution in [-0.2, 0) is 15.6 Å². The van der Waals surface area contributed by atoms with Gasteiger partial charge in [0.2, 0.25) is 0 Å². The van der Waals surface area contributed by atoms with E-state index in [4.69, 9.17) is 9.16 Å². The number of methoxy groups -OCH3 is 1. The molecule has 3 heteroatoms. The summed E-state index contributed by atoms with van der Waals surface area (Å²) in [4.78, 5) is 0. The third-order valence-corrected chi connectivity index (χ3v) is 8.30. The second-order valence-corrected chi connectivity index (χ2v) is 9.45. The lowest BCUT2D eigenvalue weighted by Gasteiger charge is -2.29. The fourth-order valence-corrected chi connectivity index (χ4v) is 4.69. The van der Waals surface area contributed by atoms with Crippen LogP contribution in [-0.4, -0.2) is 15.4 Å². The molecule has 0 unspecified atom stereocenters. The summed E-state index contributed by atoms with van der Waals surface area (Å²) in [6.07, 6.45) is 2.91. The average molecular weight is 278 g/mol. The van der Waals surface area contributed by atoms with Crippen molar-refractivity contribution in [1.82, 2.24) is 0 Å². The Morgan fingerprint density at radius 1 is 1.05 bits per heavy atom. The molecule has 0 aliphatic carbocycles. The first-order valence-corrected chi connectivity index (χ1v) is 9.69. The van der Waals surface area contributed by atoms with E-state index in [1.165, 1.54) is 5.56 Å². The molecule has 0 N–H and O–H groups in total. The summed E-state index contributed by atoms with van der Waals surface area (Å²) in [5, 5.41) is 0. The molecule has 0 heterocycles. The van der Waals surface area contributed by atoms with E-state index in [0.717, 1.165) is 24.6 Å². The summed E-state index contributed by atoms with van der Waals surface area (Å²) in [7, 11) is 0.0585. The van der Waals surface area contributed by atoms with Crippen LogP contribution >= 0.6 is 0 Å². The average Bonchev–Trinajstić information content (AvgIpc) is 2.49. The van der Waals surface area contributed by atoms with Crippen molar-refractivity contribution in [2.45, 2.75) is 45.3 Å². The summed E-state index contributed by atoms with van der Waals surface area (Å²) >= 11 is 0. The van der Waals surface area contributed by atoms with Crippen molar-refractivity contribution >= 4 is 8.32 Å². The van der Waals surface area contributed by atoms with Gasteiger partial charge in [-0.15, -0.1) is 0 Å². The van der Waals surface area contributed by atoms with E-state index in [0.29, 0.717) is 5.95 Å². The maximum atomic E-state index is 6.23. The first kappa shape index (κ1) is 15.8. The van der Waals surface area contributed by atoms with Gasteiger partial charge in [0.25, 0.3) is 14.3 Å². The van der Waals surface area contributed by atoms with Crippen molar-refractivity contribution in [3.05, 3.63) is 47.9 Å². The lowest BCUT2D eigenvalue weighted by atomic mass is 10.1. The lowest BCUT2D eigenvalue weighted by molar-refractivity contribution is 0.142. The number of allylic oxidation sites excluding steroid dienone is 1. The normalized spacial score (nSPS) is 12.3. The highest BCUT2D eigenvalue weighted by Crippen LogP contribution is 2.25. The Hall–Kier alpha value is -1.22. The molecule has 0 amide bonds. The molecule has 1 aromatic carbocycles. The van der Waals surface area contributed by atoms with Gasteiger partial charge in [-0.1, -0.05) is 51.1 Å². The first-order valence-electron chi connectivity index (χ1n) is 7.16. The second kappa shape index (κ2) is 8.05. The number of rotatable bonds is 8. The van der Waals surface area contributed by atoms with Crippen molar-refractivity contribution in [3.63, 3.8) is 0 Å². The Morgan fingerprint density at radius 3 is 2.11 bits per heavy atom. The first-order chi connectivity index (χ1) is 9.19. The van der Waals surface area contributed by atoms with Gasteiger partial charge in [-0.3, -0.25) is 0 Å². The van der Waals surface area contributed by atoms with E-state index < -0.39 is 8.32 Å². The molecule has 0 saturated carbocycles. The van der Waals surface area contributed by atoms with Gasteiger partial charge in [0.05, 0.1) is 7.11 Å². The van der Waals surface area contributed by atoms with Gasteiger partial charge in [-0.05, 0) is 36.2 Å². The summed E-state index contributed by atoms with van der Waals surface area (Å²) in [5.41, 5.74) is 1.28. The van der Waals surface area contributed by atoms with Gasteiger partial charge in [-0.25, -0.2) is 0 Å². The van der Waals surface area contributed by atoms with Crippen LogP contribution in [0.15, 0.2) is 42.4 Å². The molecular formula is C16H26O2Si. The Morgan fingerprint density at radius 2 is 1.63 bits per heavy atom. The largest absolute Gasteiger partial charge is 0.519 e. The molecule has 0 fully saturated rings. The smallest absolute Gasteiger partial charge is 0.261 e. The molecule has 0 spiro atoms.